The average molecular weight is 837 g/mol. The molecule has 0 unspecified atom stereocenters. The molecule has 4 heterocycles. The average Bonchev–Trinajstić information content (AvgIpc) is 3.82. The summed E-state index contributed by atoms with van der Waals surface area (Å²) in [6, 6.07) is 59.2. The van der Waals surface area contributed by atoms with Crippen LogP contribution in [0.15, 0.2) is 162 Å². The molecule has 2 aliphatic rings. The lowest BCUT2D eigenvalue weighted by Crippen LogP contribution is -2.60. The molecule has 9 aromatic rings. The molecule has 3 nitrogen and oxygen atoms in total. The number of fused-ring (bicyclic) bond motifs is 8. The third-order valence-corrected chi connectivity index (χ3v) is 14.9. The molecule has 7 aromatic carbocycles. The van der Waals surface area contributed by atoms with E-state index in [2.05, 4.69) is 230 Å². The van der Waals surface area contributed by atoms with E-state index in [1.807, 2.05) is 11.3 Å². The molecule has 0 fully saturated rings. The number of anilines is 6. The highest BCUT2D eigenvalue weighted by Crippen LogP contribution is 2.52. The van der Waals surface area contributed by atoms with Crippen molar-refractivity contribution in [2.24, 2.45) is 0 Å². The van der Waals surface area contributed by atoms with E-state index in [1.54, 1.807) is 0 Å². The molecule has 0 radical (unpaired) electrons. The number of hydrogen-bond acceptors (Lipinski definition) is 4. The summed E-state index contributed by atoms with van der Waals surface area (Å²) in [5.41, 5.74) is 19.4. The van der Waals surface area contributed by atoms with Crippen LogP contribution in [0.25, 0.3) is 32.4 Å². The molecule has 0 spiro atoms. The van der Waals surface area contributed by atoms with Gasteiger partial charge in [-0.1, -0.05) is 165 Å². The maximum atomic E-state index is 6.82. The molecule has 0 N–H and O–H groups in total. The number of rotatable bonds is 5. The molecule has 0 amide bonds. The van der Waals surface area contributed by atoms with Gasteiger partial charge in [0, 0.05) is 43.9 Å². The smallest absolute Gasteiger partial charge is 0.264 e. The lowest BCUT2D eigenvalue weighted by Gasteiger charge is -2.44. The van der Waals surface area contributed by atoms with Crippen molar-refractivity contribution in [1.29, 1.82) is 0 Å². The van der Waals surface area contributed by atoms with Crippen LogP contribution in [-0.4, -0.2) is 6.71 Å². The molecular formula is C58H53BN2OS. The van der Waals surface area contributed by atoms with E-state index in [1.165, 1.54) is 88.5 Å². The summed E-state index contributed by atoms with van der Waals surface area (Å²) in [5.74, 6) is 0. The summed E-state index contributed by atoms with van der Waals surface area (Å²) < 4.78 is 8.13. The molecule has 2 aromatic heterocycles. The summed E-state index contributed by atoms with van der Waals surface area (Å²) >= 11 is 1.82. The van der Waals surface area contributed by atoms with Crippen molar-refractivity contribution in [3.63, 3.8) is 0 Å². The Morgan fingerprint density at radius 3 is 1.83 bits per heavy atom. The first-order chi connectivity index (χ1) is 30.2. The zero-order valence-corrected chi connectivity index (χ0v) is 38.6. The van der Waals surface area contributed by atoms with Gasteiger partial charge in [0.2, 0.25) is 0 Å². The fourth-order valence-corrected chi connectivity index (χ4v) is 11.5. The SMILES string of the molecule is Cc1cc2c3c(c1)N(c1ccc(C(C)(C)C)cc1)c1c(sc4oc5ccccc5c14)B3c1cc(C(C)(C)c3ccccc3)ccc1N2c1ccc(C(C)(C)C)cc1-c1ccccc1. The molecule has 0 saturated carbocycles. The van der Waals surface area contributed by atoms with Crippen LogP contribution in [0, 0.1) is 6.92 Å². The first-order valence-electron chi connectivity index (χ1n) is 22.4. The quantitative estimate of drug-likeness (QED) is 0.161. The van der Waals surface area contributed by atoms with Gasteiger partial charge < -0.3 is 14.2 Å². The molecule has 310 valence electrons. The van der Waals surface area contributed by atoms with Crippen molar-refractivity contribution in [2.75, 3.05) is 9.80 Å². The van der Waals surface area contributed by atoms with E-state index >= 15 is 0 Å². The second kappa shape index (κ2) is 14.1. The number of benzene rings is 7. The molecule has 2 aliphatic heterocycles. The van der Waals surface area contributed by atoms with Crippen LogP contribution in [0.5, 0.6) is 0 Å². The Hall–Kier alpha value is -6.30. The summed E-state index contributed by atoms with van der Waals surface area (Å²) in [6.07, 6.45) is 0. The van der Waals surface area contributed by atoms with Crippen LogP contribution in [-0.2, 0) is 16.2 Å². The highest BCUT2D eigenvalue weighted by Gasteiger charge is 2.47. The van der Waals surface area contributed by atoms with Gasteiger partial charge in [0.25, 0.3) is 6.71 Å². The predicted molar refractivity (Wildman–Crippen MR) is 272 cm³/mol. The monoisotopic (exact) mass is 836 g/mol. The zero-order chi connectivity index (χ0) is 43.6. The van der Waals surface area contributed by atoms with Crippen LogP contribution in [0.3, 0.4) is 0 Å². The van der Waals surface area contributed by atoms with Gasteiger partial charge in [-0.25, -0.2) is 0 Å². The number of para-hydroxylation sites is 1. The van der Waals surface area contributed by atoms with Crippen molar-refractivity contribution in [3.8, 4) is 11.1 Å². The minimum atomic E-state index is -0.237. The predicted octanol–water partition coefficient (Wildman–Crippen LogP) is 14.6. The first-order valence-corrected chi connectivity index (χ1v) is 23.2. The third kappa shape index (κ3) is 6.22. The zero-order valence-electron chi connectivity index (χ0n) is 37.8. The number of nitrogens with zero attached hydrogens (tertiary/aromatic N) is 2. The molecule has 0 saturated heterocycles. The minimum absolute atomic E-state index is 0.0208. The van der Waals surface area contributed by atoms with Gasteiger partial charge in [-0.2, -0.15) is 0 Å². The Labute approximate surface area is 376 Å². The van der Waals surface area contributed by atoms with Crippen LogP contribution in [0.2, 0.25) is 0 Å². The van der Waals surface area contributed by atoms with Gasteiger partial charge >= 0.3 is 0 Å². The van der Waals surface area contributed by atoms with Gasteiger partial charge in [0.1, 0.15) is 5.58 Å². The van der Waals surface area contributed by atoms with Gasteiger partial charge in [-0.3, -0.25) is 0 Å². The topological polar surface area (TPSA) is 19.6 Å². The second-order valence-electron chi connectivity index (χ2n) is 20.3. The summed E-state index contributed by atoms with van der Waals surface area (Å²) in [7, 11) is 0. The van der Waals surface area contributed by atoms with Gasteiger partial charge in [0.15, 0.2) is 4.90 Å². The van der Waals surface area contributed by atoms with Crippen LogP contribution < -0.4 is 25.5 Å². The van der Waals surface area contributed by atoms with Crippen molar-refractivity contribution in [1.82, 2.24) is 0 Å². The molecule has 63 heavy (non-hydrogen) atoms. The summed E-state index contributed by atoms with van der Waals surface area (Å²) in [6.45, 7) is 20.8. The molecule has 11 rings (SSSR count). The van der Waals surface area contributed by atoms with Gasteiger partial charge in [-0.05, 0) is 111 Å². The van der Waals surface area contributed by atoms with Crippen molar-refractivity contribution in [3.05, 3.63) is 186 Å². The Morgan fingerprint density at radius 2 is 1.13 bits per heavy atom. The van der Waals surface area contributed by atoms with Crippen molar-refractivity contribution < 1.29 is 4.42 Å². The van der Waals surface area contributed by atoms with E-state index in [-0.39, 0.29) is 23.0 Å². The third-order valence-electron chi connectivity index (χ3n) is 13.7. The Balaban J connectivity index is 1.26. The number of hydrogen-bond donors (Lipinski definition) is 0. The Kier molecular flexibility index (Phi) is 8.86. The van der Waals surface area contributed by atoms with Gasteiger partial charge in [-0.15, -0.1) is 11.3 Å². The van der Waals surface area contributed by atoms with E-state index in [4.69, 9.17) is 4.42 Å². The van der Waals surface area contributed by atoms with Crippen LogP contribution in [0.1, 0.15) is 83.2 Å². The van der Waals surface area contributed by atoms with Crippen molar-refractivity contribution in [2.45, 2.75) is 78.6 Å². The number of furan rings is 1. The van der Waals surface area contributed by atoms with E-state index < -0.39 is 0 Å². The number of thiophene rings is 1. The van der Waals surface area contributed by atoms with E-state index in [9.17, 15) is 0 Å². The molecule has 5 heteroatoms. The lowest BCUT2D eigenvalue weighted by molar-refractivity contribution is 0.590. The molecule has 0 bridgehead atoms. The van der Waals surface area contributed by atoms with Gasteiger partial charge in [0.05, 0.1) is 16.8 Å². The van der Waals surface area contributed by atoms with Crippen LogP contribution in [0.4, 0.5) is 34.1 Å². The maximum Gasteiger partial charge on any atom is 0.264 e. The fourth-order valence-electron chi connectivity index (χ4n) is 10.2. The largest absolute Gasteiger partial charge is 0.445 e. The normalized spacial score (nSPS) is 13.7. The Morgan fingerprint density at radius 1 is 0.524 bits per heavy atom. The standard InChI is InChI=1S/C58H53BN2OS/c1-36-32-48-52-49(33-36)61(46-30-26-40(57(5,6)7)34-44(46)37-18-12-10-13-19-37)47-31-27-41(58(8,9)39-20-14-11-15-21-39)35-45(47)59(52)54-53(51-43-22-16-17-23-50(43)62-55(51)63-54)60(48)42-28-24-38(25-29-42)56(2,3)4/h10-35H,1-9H3. The minimum Gasteiger partial charge on any atom is -0.445 e. The maximum absolute atomic E-state index is 6.82. The highest BCUT2D eigenvalue weighted by atomic mass is 32.1. The first kappa shape index (κ1) is 39.5. The van der Waals surface area contributed by atoms with E-state index in [0.717, 1.165) is 21.6 Å². The fraction of sp³-hybridized carbons (Fsp3) is 0.207. The summed E-state index contributed by atoms with van der Waals surface area (Å²) in [5, 5.41) is 2.34. The molecular weight excluding hydrogens is 784 g/mol. The highest BCUT2D eigenvalue weighted by molar-refractivity contribution is 7.33. The number of aryl methyl sites for hydroxylation is 1. The van der Waals surface area contributed by atoms with Crippen molar-refractivity contribution >= 4 is 89.1 Å². The lowest BCUT2D eigenvalue weighted by atomic mass is 9.36. The second-order valence-corrected chi connectivity index (χ2v) is 21.3. The molecule has 0 atom stereocenters. The van der Waals surface area contributed by atoms with Crippen LogP contribution >= 0.6 is 11.3 Å². The Bertz CT molecular complexity index is 3240. The molecule has 0 aliphatic carbocycles. The van der Waals surface area contributed by atoms with E-state index in [0.29, 0.717) is 0 Å². The summed E-state index contributed by atoms with van der Waals surface area (Å²) in [4.78, 5) is 6.12.